The van der Waals surface area contributed by atoms with E-state index in [4.69, 9.17) is 0 Å². The van der Waals surface area contributed by atoms with Crippen LogP contribution in [0.5, 0.6) is 0 Å². The molecular formula is C20H19FN2O2S. The zero-order valence-electron chi connectivity index (χ0n) is 14.5. The average Bonchev–Trinajstić information content (AvgIpc) is 3.33. The molecule has 0 radical (unpaired) electrons. The Morgan fingerprint density at radius 2 is 1.81 bits per heavy atom. The average molecular weight is 370 g/mol. The van der Waals surface area contributed by atoms with Crippen LogP contribution in [0.15, 0.2) is 60.8 Å². The third-order valence-electron chi connectivity index (χ3n) is 5.07. The summed E-state index contributed by atoms with van der Waals surface area (Å²) >= 11 is 0. The lowest BCUT2D eigenvalue weighted by molar-refractivity contribution is 0.528. The number of nitrogens with one attached hydrogen (secondary N) is 2. The molecule has 26 heavy (non-hydrogen) atoms. The highest BCUT2D eigenvalue weighted by Gasteiger charge is 2.41. The van der Waals surface area contributed by atoms with Gasteiger partial charge >= 0.3 is 0 Å². The molecule has 0 unspecified atom stereocenters. The Labute approximate surface area is 151 Å². The Bertz CT molecular complexity index is 1110. The highest BCUT2D eigenvalue weighted by atomic mass is 32.2. The lowest BCUT2D eigenvalue weighted by Crippen LogP contribution is -2.26. The van der Waals surface area contributed by atoms with E-state index in [9.17, 15) is 12.8 Å². The number of aromatic nitrogens is 1. The number of rotatable bonds is 5. The van der Waals surface area contributed by atoms with Crippen molar-refractivity contribution in [3.8, 4) is 0 Å². The van der Waals surface area contributed by atoms with E-state index in [-0.39, 0.29) is 17.2 Å². The Morgan fingerprint density at radius 3 is 2.42 bits per heavy atom. The number of anilines is 1. The first-order valence-electron chi connectivity index (χ1n) is 8.32. The quantitative estimate of drug-likeness (QED) is 0.662. The van der Waals surface area contributed by atoms with E-state index < -0.39 is 10.0 Å². The summed E-state index contributed by atoms with van der Waals surface area (Å²) in [6.07, 6.45) is 7.30. The van der Waals surface area contributed by atoms with E-state index in [1.54, 1.807) is 6.07 Å². The van der Waals surface area contributed by atoms with Crippen LogP contribution in [0, 0.1) is 11.7 Å². The van der Waals surface area contributed by atoms with E-state index in [1.807, 2.05) is 30.5 Å². The van der Waals surface area contributed by atoms with Crippen LogP contribution in [0.1, 0.15) is 18.1 Å². The van der Waals surface area contributed by atoms with Crippen LogP contribution in [0.25, 0.3) is 10.9 Å². The van der Waals surface area contributed by atoms with Crippen molar-refractivity contribution in [3.05, 3.63) is 77.8 Å². The molecule has 1 atom stereocenters. The Balaban J connectivity index is 1.89. The topological polar surface area (TPSA) is 62.0 Å². The van der Waals surface area contributed by atoms with Gasteiger partial charge in [-0.25, -0.2) is 12.8 Å². The molecule has 0 saturated heterocycles. The maximum absolute atomic E-state index is 13.4. The Kier molecular flexibility index (Phi) is 3.70. The minimum Gasteiger partial charge on any atom is -0.359 e. The molecule has 0 fully saturated rings. The van der Waals surface area contributed by atoms with Crippen molar-refractivity contribution in [1.29, 1.82) is 0 Å². The van der Waals surface area contributed by atoms with Crippen LogP contribution >= 0.6 is 0 Å². The molecule has 1 aliphatic rings. The van der Waals surface area contributed by atoms with E-state index in [1.165, 1.54) is 12.1 Å². The summed E-state index contributed by atoms with van der Waals surface area (Å²) in [7, 11) is -3.38. The fraction of sp³-hybridized carbons (Fsp3) is 0.200. The third kappa shape index (κ3) is 2.80. The van der Waals surface area contributed by atoms with Crippen LogP contribution in [-0.2, 0) is 15.4 Å². The number of para-hydroxylation sites is 1. The molecule has 1 aromatic heterocycles. The monoisotopic (exact) mass is 370 g/mol. The first-order valence-corrected chi connectivity index (χ1v) is 10.2. The number of hydrogen-bond acceptors (Lipinski definition) is 2. The fourth-order valence-electron chi connectivity index (χ4n) is 3.63. The predicted octanol–water partition coefficient (Wildman–Crippen LogP) is 4.17. The molecule has 0 bridgehead atoms. The van der Waals surface area contributed by atoms with E-state index in [0.29, 0.717) is 5.69 Å². The third-order valence-corrected chi connectivity index (χ3v) is 5.66. The lowest BCUT2D eigenvalue weighted by atomic mass is 9.71. The van der Waals surface area contributed by atoms with Crippen molar-refractivity contribution in [2.45, 2.75) is 12.3 Å². The first-order chi connectivity index (χ1) is 12.3. The van der Waals surface area contributed by atoms with Crippen LogP contribution in [0.3, 0.4) is 0 Å². The second-order valence-corrected chi connectivity index (χ2v) is 8.67. The predicted molar refractivity (Wildman–Crippen MR) is 102 cm³/mol. The van der Waals surface area contributed by atoms with Gasteiger partial charge in [0.15, 0.2) is 0 Å². The number of benzene rings is 2. The van der Waals surface area contributed by atoms with Gasteiger partial charge in [0.2, 0.25) is 10.0 Å². The summed E-state index contributed by atoms with van der Waals surface area (Å²) in [5, 5.41) is 0.944. The molecule has 4 rings (SSSR count). The summed E-state index contributed by atoms with van der Waals surface area (Å²) in [6, 6.07) is 12.1. The lowest BCUT2D eigenvalue weighted by Gasteiger charge is -2.31. The highest BCUT2D eigenvalue weighted by Crippen LogP contribution is 2.48. The first kappa shape index (κ1) is 16.8. The molecule has 1 aliphatic carbocycles. The molecule has 1 heterocycles. The molecule has 0 saturated carbocycles. The minimum atomic E-state index is -3.38. The number of aromatic amines is 1. The molecule has 4 nitrogen and oxygen atoms in total. The van der Waals surface area contributed by atoms with Crippen molar-refractivity contribution in [2.24, 2.45) is 5.92 Å². The highest BCUT2D eigenvalue weighted by molar-refractivity contribution is 7.92. The van der Waals surface area contributed by atoms with Gasteiger partial charge in [-0.3, -0.25) is 4.72 Å². The molecule has 134 valence electrons. The van der Waals surface area contributed by atoms with Gasteiger partial charge in [-0.1, -0.05) is 43.3 Å². The molecule has 3 aromatic rings. The van der Waals surface area contributed by atoms with Crippen molar-refractivity contribution in [3.63, 3.8) is 0 Å². The van der Waals surface area contributed by atoms with E-state index >= 15 is 0 Å². The fourth-order valence-corrected chi connectivity index (χ4v) is 4.20. The second-order valence-electron chi connectivity index (χ2n) is 6.92. The molecular weight excluding hydrogens is 351 g/mol. The Morgan fingerprint density at radius 1 is 1.12 bits per heavy atom. The standard InChI is InChI=1S/C20H19FN2O2S/c1-20(13-6-7-13,14-8-10-15(21)11-9-14)17-12-22-19-16(17)4-3-5-18(19)23-26(2,24)25/h3-13,22-23H,1-2H3/t20-/m0/s1. The minimum absolute atomic E-state index is 0.235. The SMILES string of the molecule is C[C@](c1ccc(F)cc1)(c1c[nH]c2c(NS(C)(=O)=O)cccc12)C1C=C1. The molecule has 0 amide bonds. The van der Waals surface area contributed by atoms with Crippen molar-refractivity contribution < 1.29 is 12.8 Å². The summed E-state index contributed by atoms with van der Waals surface area (Å²) in [6.45, 7) is 2.13. The van der Waals surface area contributed by atoms with E-state index in [2.05, 4.69) is 28.8 Å². The van der Waals surface area contributed by atoms with Gasteiger partial charge in [0.25, 0.3) is 0 Å². The van der Waals surface area contributed by atoms with Crippen molar-refractivity contribution in [1.82, 2.24) is 4.98 Å². The molecule has 2 N–H and O–H groups in total. The number of halogens is 1. The normalized spacial score (nSPS) is 16.6. The zero-order valence-corrected chi connectivity index (χ0v) is 15.3. The van der Waals surface area contributed by atoms with Crippen LogP contribution in [0.4, 0.5) is 10.1 Å². The largest absolute Gasteiger partial charge is 0.359 e. The summed E-state index contributed by atoms with van der Waals surface area (Å²) < 4.78 is 39.3. The molecule has 2 aromatic carbocycles. The molecule has 0 spiro atoms. The smallest absolute Gasteiger partial charge is 0.229 e. The Hall–Kier alpha value is -2.60. The molecule has 0 aliphatic heterocycles. The summed E-state index contributed by atoms with van der Waals surface area (Å²) in [5.74, 6) is -0.0306. The van der Waals surface area contributed by atoms with Crippen molar-refractivity contribution >= 4 is 26.6 Å². The van der Waals surface area contributed by atoms with Gasteiger partial charge in [-0.05, 0) is 29.3 Å². The maximum atomic E-state index is 13.4. The van der Waals surface area contributed by atoms with Gasteiger partial charge in [0.05, 0.1) is 17.5 Å². The summed E-state index contributed by atoms with van der Waals surface area (Å²) in [4.78, 5) is 3.22. The van der Waals surface area contributed by atoms with Crippen molar-refractivity contribution in [2.75, 3.05) is 11.0 Å². The number of H-pyrrole nitrogens is 1. The van der Waals surface area contributed by atoms with Gasteiger partial charge in [0.1, 0.15) is 5.82 Å². The van der Waals surface area contributed by atoms with Gasteiger partial charge in [0, 0.05) is 22.9 Å². The van der Waals surface area contributed by atoms with E-state index in [0.717, 1.165) is 28.3 Å². The maximum Gasteiger partial charge on any atom is 0.229 e. The molecule has 6 heteroatoms. The van der Waals surface area contributed by atoms with Crippen LogP contribution in [-0.4, -0.2) is 19.7 Å². The second kappa shape index (κ2) is 5.71. The van der Waals surface area contributed by atoms with Crippen LogP contribution in [0.2, 0.25) is 0 Å². The van der Waals surface area contributed by atoms with Gasteiger partial charge in [-0.2, -0.15) is 0 Å². The van der Waals surface area contributed by atoms with Gasteiger partial charge < -0.3 is 4.98 Å². The number of hydrogen-bond donors (Lipinski definition) is 2. The number of fused-ring (bicyclic) bond motifs is 1. The van der Waals surface area contributed by atoms with Gasteiger partial charge in [-0.15, -0.1) is 0 Å². The van der Waals surface area contributed by atoms with Crippen LogP contribution < -0.4 is 4.72 Å². The number of sulfonamides is 1. The zero-order chi connectivity index (χ0) is 18.5. The summed E-state index contributed by atoms with van der Waals surface area (Å²) in [5.41, 5.74) is 2.95. The number of allylic oxidation sites excluding steroid dienone is 2.